The molecule has 0 heterocycles. The van der Waals surface area contributed by atoms with Gasteiger partial charge in [-0.15, -0.1) is 0 Å². The maximum Gasteiger partial charge on any atom is 0.239 e. The number of rotatable bonds is 6. The largest absolute Gasteiger partial charge is 0.355 e. The number of amides is 2. The molecule has 2 N–H and O–H groups in total. The first-order valence-electron chi connectivity index (χ1n) is 9.45. The monoisotopic (exact) mass is 384 g/mol. The first kappa shape index (κ1) is 21.6. The topological polar surface area (TPSA) is 58.2 Å². The molecule has 0 aliphatic heterocycles. The van der Waals surface area contributed by atoms with Gasteiger partial charge in [0.25, 0.3) is 0 Å². The van der Waals surface area contributed by atoms with Crippen molar-refractivity contribution < 1.29 is 14.0 Å². The van der Waals surface area contributed by atoms with Crippen LogP contribution in [0, 0.1) is 11.2 Å². The highest BCUT2D eigenvalue weighted by Crippen LogP contribution is 2.25. The second kappa shape index (κ2) is 8.55. The molecule has 0 unspecified atom stereocenters. The van der Waals surface area contributed by atoms with Crippen LogP contribution < -0.4 is 10.6 Å². The van der Waals surface area contributed by atoms with Gasteiger partial charge in [0.15, 0.2) is 0 Å². The zero-order chi connectivity index (χ0) is 20.9. The van der Waals surface area contributed by atoms with Gasteiger partial charge in [-0.25, -0.2) is 4.39 Å². The van der Waals surface area contributed by atoms with Crippen LogP contribution in [0.4, 0.5) is 10.1 Å². The molecule has 0 aliphatic rings. The van der Waals surface area contributed by atoms with Gasteiger partial charge in [-0.1, -0.05) is 45.0 Å². The van der Waals surface area contributed by atoms with E-state index >= 15 is 0 Å². The van der Waals surface area contributed by atoms with Crippen molar-refractivity contribution in [3.8, 4) is 0 Å². The van der Waals surface area contributed by atoms with E-state index < -0.39 is 5.41 Å². The minimum atomic E-state index is -1.22. The second-order valence-electron chi connectivity index (χ2n) is 8.54. The van der Waals surface area contributed by atoms with Crippen LogP contribution in [0.1, 0.15) is 45.7 Å². The predicted octanol–water partition coefficient (Wildman–Crippen LogP) is 4.45. The fourth-order valence-corrected chi connectivity index (χ4v) is 2.64. The summed E-state index contributed by atoms with van der Waals surface area (Å²) in [7, 11) is 0. The van der Waals surface area contributed by atoms with Crippen LogP contribution in [0.5, 0.6) is 0 Å². The van der Waals surface area contributed by atoms with Gasteiger partial charge in [0.05, 0.1) is 0 Å². The van der Waals surface area contributed by atoms with Crippen molar-refractivity contribution in [2.45, 2.75) is 46.5 Å². The van der Waals surface area contributed by atoms with E-state index in [4.69, 9.17) is 0 Å². The molecule has 4 nitrogen and oxygen atoms in total. The maximum atomic E-state index is 12.9. The Morgan fingerprint density at radius 1 is 0.857 bits per heavy atom. The van der Waals surface area contributed by atoms with E-state index in [1.807, 2.05) is 24.3 Å². The van der Waals surface area contributed by atoms with Gasteiger partial charge in [0.2, 0.25) is 11.8 Å². The third kappa shape index (κ3) is 5.65. The molecule has 0 spiro atoms. The van der Waals surface area contributed by atoms with E-state index in [9.17, 15) is 14.0 Å². The molecular weight excluding hydrogens is 355 g/mol. The highest BCUT2D eigenvalue weighted by atomic mass is 19.1. The average Bonchev–Trinajstić information content (AvgIpc) is 2.63. The summed E-state index contributed by atoms with van der Waals surface area (Å²) in [6.07, 6.45) is 0.567. The lowest BCUT2D eigenvalue weighted by molar-refractivity contribution is -0.138. The summed E-state index contributed by atoms with van der Waals surface area (Å²) in [5.41, 5.74) is 1.56. The first-order chi connectivity index (χ1) is 13.0. The minimum absolute atomic E-state index is 0.0339. The molecule has 0 aromatic heterocycles. The van der Waals surface area contributed by atoms with E-state index in [2.05, 4.69) is 31.4 Å². The van der Waals surface area contributed by atoms with Crippen LogP contribution in [-0.2, 0) is 21.4 Å². The number of hydrogen-bond donors (Lipinski definition) is 2. The van der Waals surface area contributed by atoms with Crippen LogP contribution in [0.3, 0.4) is 0 Å². The van der Waals surface area contributed by atoms with Crippen LogP contribution in [0.15, 0.2) is 48.5 Å². The highest BCUT2D eigenvalue weighted by Gasteiger charge is 2.35. The Kier molecular flexibility index (Phi) is 6.60. The third-order valence-electron chi connectivity index (χ3n) is 4.76. The Morgan fingerprint density at radius 3 is 1.96 bits per heavy atom. The third-order valence-corrected chi connectivity index (χ3v) is 4.76. The molecule has 0 radical (unpaired) electrons. The molecule has 0 fully saturated rings. The van der Waals surface area contributed by atoms with Crippen molar-refractivity contribution in [3.63, 3.8) is 0 Å². The summed E-state index contributed by atoms with van der Waals surface area (Å²) in [5, 5.41) is 5.60. The molecule has 0 saturated carbocycles. The highest BCUT2D eigenvalue weighted by molar-refractivity contribution is 6.09. The van der Waals surface area contributed by atoms with Gasteiger partial charge in [-0.2, -0.15) is 0 Å². The Morgan fingerprint density at radius 2 is 1.43 bits per heavy atom. The number of nitrogens with one attached hydrogen (secondary N) is 2. The number of carbonyl (C=O) groups excluding carboxylic acids is 2. The van der Waals surface area contributed by atoms with Gasteiger partial charge in [-0.05, 0) is 61.1 Å². The van der Waals surface area contributed by atoms with E-state index in [1.165, 1.54) is 17.7 Å². The molecule has 2 amide bonds. The molecule has 0 bridgehead atoms. The average molecular weight is 384 g/mol. The Bertz CT molecular complexity index is 819. The fourth-order valence-electron chi connectivity index (χ4n) is 2.64. The molecule has 2 rings (SSSR count). The Balaban J connectivity index is 1.91. The summed E-state index contributed by atoms with van der Waals surface area (Å²) in [6, 6.07) is 13.8. The number of hydrogen-bond acceptors (Lipinski definition) is 2. The second-order valence-corrected chi connectivity index (χ2v) is 8.54. The van der Waals surface area contributed by atoms with Gasteiger partial charge in [-0.3, -0.25) is 9.59 Å². The van der Waals surface area contributed by atoms with Gasteiger partial charge < -0.3 is 10.6 Å². The van der Waals surface area contributed by atoms with E-state index in [0.29, 0.717) is 18.7 Å². The summed E-state index contributed by atoms with van der Waals surface area (Å²) in [6.45, 7) is 9.94. The minimum Gasteiger partial charge on any atom is -0.355 e. The van der Waals surface area contributed by atoms with Crippen molar-refractivity contribution in [2.75, 3.05) is 11.9 Å². The van der Waals surface area contributed by atoms with E-state index in [1.54, 1.807) is 26.0 Å². The number of anilines is 1. The Hall–Kier alpha value is -2.69. The molecular formula is C23H29FN2O2. The summed E-state index contributed by atoms with van der Waals surface area (Å²) < 4.78 is 12.9. The molecule has 2 aromatic carbocycles. The predicted molar refractivity (Wildman–Crippen MR) is 111 cm³/mol. The molecule has 150 valence electrons. The zero-order valence-corrected chi connectivity index (χ0v) is 17.2. The Labute approximate surface area is 166 Å². The SMILES string of the molecule is CC(C)(C(=O)NCCc1ccc(F)cc1)C(=O)Nc1ccc(C(C)(C)C)cc1. The lowest BCUT2D eigenvalue weighted by atomic mass is 9.87. The van der Waals surface area contributed by atoms with Crippen molar-refractivity contribution in [2.24, 2.45) is 5.41 Å². The first-order valence-corrected chi connectivity index (χ1v) is 9.45. The summed E-state index contributed by atoms with van der Waals surface area (Å²) >= 11 is 0. The van der Waals surface area contributed by atoms with Crippen LogP contribution in [0.25, 0.3) is 0 Å². The molecule has 28 heavy (non-hydrogen) atoms. The molecule has 0 aliphatic carbocycles. The summed E-state index contributed by atoms with van der Waals surface area (Å²) in [4.78, 5) is 25.1. The number of halogens is 1. The lowest BCUT2D eigenvalue weighted by Crippen LogP contribution is -2.45. The van der Waals surface area contributed by atoms with Crippen LogP contribution in [-0.4, -0.2) is 18.4 Å². The smallest absolute Gasteiger partial charge is 0.239 e. The zero-order valence-electron chi connectivity index (χ0n) is 17.2. The maximum absolute atomic E-state index is 12.9. The van der Waals surface area contributed by atoms with Crippen molar-refractivity contribution in [1.82, 2.24) is 5.32 Å². The molecule has 2 aromatic rings. The fraction of sp³-hybridized carbons (Fsp3) is 0.391. The van der Waals surface area contributed by atoms with Crippen LogP contribution >= 0.6 is 0 Å². The van der Waals surface area contributed by atoms with Gasteiger partial charge in [0, 0.05) is 12.2 Å². The van der Waals surface area contributed by atoms with E-state index in [-0.39, 0.29) is 23.0 Å². The number of benzene rings is 2. The van der Waals surface area contributed by atoms with Crippen LogP contribution in [0.2, 0.25) is 0 Å². The molecule has 0 atom stereocenters. The molecule has 5 heteroatoms. The molecule has 0 saturated heterocycles. The van der Waals surface area contributed by atoms with Gasteiger partial charge in [0.1, 0.15) is 11.2 Å². The van der Waals surface area contributed by atoms with Crippen molar-refractivity contribution in [1.29, 1.82) is 0 Å². The lowest BCUT2D eigenvalue weighted by Gasteiger charge is -2.23. The standard InChI is InChI=1S/C23H29FN2O2/c1-22(2,3)17-8-12-19(13-9-17)26-21(28)23(4,5)20(27)25-15-14-16-6-10-18(24)11-7-16/h6-13H,14-15H2,1-5H3,(H,25,27)(H,26,28). The normalized spacial score (nSPS) is 11.8. The van der Waals surface area contributed by atoms with Gasteiger partial charge >= 0.3 is 0 Å². The summed E-state index contributed by atoms with van der Waals surface area (Å²) in [5.74, 6) is -1.00. The van der Waals surface area contributed by atoms with E-state index in [0.717, 1.165) is 5.56 Å². The quantitative estimate of drug-likeness (QED) is 0.723. The van der Waals surface area contributed by atoms with Crippen molar-refractivity contribution >= 4 is 17.5 Å². The van der Waals surface area contributed by atoms with Crippen molar-refractivity contribution in [3.05, 3.63) is 65.5 Å². The number of carbonyl (C=O) groups is 2.